The summed E-state index contributed by atoms with van der Waals surface area (Å²) in [5.74, 6) is -0.861. The van der Waals surface area contributed by atoms with Gasteiger partial charge in [-0.05, 0) is 42.5 Å². The van der Waals surface area contributed by atoms with E-state index >= 15 is 0 Å². The number of carboxylic acids is 1. The van der Waals surface area contributed by atoms with E-state index in [0.717, 1.165) is 45.9 Å². The predicted octanol–water partition coefficient (Wildman–Crippen LogP) is 4.26. The summed E-state index contributed by atoms with van der Waals surface area (Å²) in [5.41, 5.74) is 1.97. The third-order valence-electron chi connectivity index (χ3n) is 5.89. The van der Waals surface area contributed by atoms with Gasteiger partial charge < -0.3 is 20.6 Å². The van der Waals surface area contributed by atoms with Crippen molar-refractivity contribution in [1.82, 2.24) is 10.2 Å². The fourth-order valence-corrected chi connectivity index (χ4v) is 4.53. The monoisotopic (exact) mass is 447 g/mol. The molecule has 2 aromatic carbocycles. The zero-order chi connectivity index (χ0) is 22.4. The van der Waals surface area contributed by atoms with E-state index in [-0.39, 0.29) is 16.5 Å². The van der Waals surface area contributed by atoms with Gasteiger partial charge in [0.1, 0.15) is 5.82 Å². The smallest absolute Gasteiger partial charge is 0.321 e. The summed E-state index contributed by atoms with van der Waals surface area (Å²) in [5, 5.41) is 13.8. The zero-order valence-corrected chi connectivity index (χ0v) is 18.2. The lowest BCUT2D eigenvalue weighted by Crippen LogP contribution is -2.38. The van der Waals surface area contributed by atoms with Crippen molar-refractivity contribution >= 4 is 29.3 Å². The van der Waals surface area contributed by atoms with Crippen LogP contribution in [0.25, 0.3) is 0 Å². The van der Waals surface area contributed by atoms with Gasteiger partial charge >= 0.3 is 6.03 Å². The number of aryl methyl sites for hydroxylation is 1. The van der Waals surface area contributed by atoms with Crippen LogP contribution in [0.4, 0.5) is 14.9 Å². The van der Waals surface area contributed by atoms with Crippen LogP contribution >= 0.6 is 11.6 Å². The molecule has 8 heteroatoms. The van der Waals surface area contributed by atoms with Crippen molar-refractivity contribution in [1.29, 1.82) is 0 Å². The molecular formula is C23H27ClFN3O3. The molecule has 3 N–H and O–H groups in total. The van der Waals surface area contributed by atoms with Crippen LogP contribution in [0.15, 0.2) is 48.5 Å². The summed E-state index contributed by atoms with van der Waals surface area (Å²) in [4.78, 5) is 23.6. The number of carbonyl (C=O) groups excluding carboxylic acids is 1. The topological polar surface area (TPSA) is 81.7 Å². The first-order chi connectivity index (χ1) is 14.8. The number of fused-ring (bicyclic) bond motifs is 1. The molecule has 31 heavy (non-hydrogen) atoms. The Morgan fingerprint density at radius 2 is 2.00 bits per heavy atom. The normalized spacial score (nSPS) is 21.8. The molecule has 0 spiro atoms. The SMILES string of the molecule is CC(=O)O.O=C(Nc1ccc(F)c(Cl)c1)N1CC2CNCC2(CCc2ccccc2)C1. The molecule has 0 bridgehead atoms. The average Bonchev–Trinajstić information content (AvgIpc) is 3.27. The standard InChI is InChI=1S/C21H23ClFN3O.C2H4O2/c22-18-10-17(6-7-19(18)23)25-20(27)26-12-16-11-24-13-21(16,14-26)9-8-15-4-2-1-3-5-15;1-2(3)4/h1-7,10,16,24H,8-9,11-14H2,(H,25,27);1H3,(H,3,4). The minimum atomic E-state index is -0.833. The van der Waals surface area contributed by atoms with Crippen molar-refractivity contribution < 1.29 is 19.1 Å². The van der Waals surface area contributed by atoms with Gasteiger partial charge in [-0.3, -0.25) is 4.79 Å². The molecule has 2 aliphatic rings. The highest BCUT2D eigenvalue weighted by atomic mass is 35.5. The van der Waals surface area contributed by atoms with Crippen molar-refractivity contribution in [3.8, 4) is 0 Å². The number of anilines is 1. The molecule has 0 aliphatic carbocycles. The Kier molecular flexibility index (Phi) is 7.51. The number of carboxylic acid groups (broad SMARTS) is 1. The lowest BCUT2D eigenvalue weighted by molar-refractivity contribution is -0.134. The van der Waals surface area contributed by atoms with Gasteiger partial charge in [0.25, 0.3) is 5.97 Å². The highest BCUT2D eigenvalue weighted by Gasteiger charge is 2.50. The quantitative estimate of drug-likeness (QED) is 0.654. The Bertz CT molecular complexity index is 924. The van der Waals surface area contributed by atoms with Crippen LogP contribution in [0.2, 0.25) is 5.02 Å². The molecule has 0 saturated carbocycles. The first kappa shape index (κ1) is 23.0. The molecule has 2 heterocycles. The maximum absolute atomic E-state index is 13.3. The Morgan fingerprint density at radius 3 is 2.68 bits per heavy atom. The van der Waals surface area contributed by atoms with Crippen LogP contribution in [0.3, 0.4) is 0 Å². The molecule has 2 fully saturated rings. The van der Waals surface area contributed by atoms with Gasteiger partial charge in [0, 0.05) is 44.2 Å². The van der Waals surface area contributed by atoms with E-state index in [9.17, 15) is 9.18 Å². The molecule has 2 saturated heterocycles. The molecule has 6 nitrogen and oxygen atoms in total. The summed E-state index contributed by atoms with van der Waals surface area (Å²) in [6.07, 6.45) is 2.07. The van der Waals surface area contributed by atoms with Gasteiger partial charge in [-0.15, -0.1) is 0 Å². The van der Waals surface area contributed by atoms with Gasteiger partial charge in [0.05, 0.1) is 5.02 Å². The largest absolute Gasteiger partial charge is 0.481 e. The summed E-state index contributed by atoms with van der Waals surface area (Å²) in [6.45, 7) is 4.44. The zero-order valence-electron chi connectivity index (χ0n) is 17.4. The van der Waals surface area contributed by atoms with Gasteiger partial charge in [-0.2, -0.15) is 0 Å². The Morgan fingerprint density at radius 1 is 1.29 bits per heavy atom. The fourth-order valence-electron chi connectivity index (χ4n) is 4.35. The highest BCUT2D eigenvalue weighted by Crippen LogP contribution is 2.42. The lowest BCUT2D eigenvalue weighted by Gasteiger charge is -2.28. The number of likely N-dealkylation sites (tertiary alicyclic amines) is 1. The first-order valence-corrected chi connectivity index (χ1v) is 10.6. The van der Waals surface area contributed by atoms with Gasteiger partial charge in [0.15, 0.2) is 0 Å². The Labute approximate surface area is 186 Å². The summed E-state index contributed by atoms with van der Waals surface area (Å²) in [7, 11) is 0. The van der Waals surface area contributed by atoms with E-state index in [1.807, 2.05) is 11.0 Å². The number of urea groups is 1. The summed E-state index contributed by atoms with van der Waals surface area (Å²) in [6, 6.07) is 14.6. The Balaban J connectivity index is 0.000000628. The highest BCUT2D eigenvalue weighted by molar-refractivity contribution is 6.31. The maximum atomic E-state index is 13.3. The predicted molar refractivity (Wildman–Crippen MR) is 119 cm³/mol. The van der Waals surface area contributed by atoms with E-state index in [1.54, 1.807) is 0 Å². The number of hydrogen-bond acceptors (Lipinski definition) is 3. The molecule has 2 amide bonds. The molecule has 2 unspecified atom stereocenters. The third kappa shape index (κ3) is 5.95. The number of halogens is 2. The van der Waals surface area contributed by atoms with Crippen LogP contribution in [0, 0.1) is 17.2 Å². The minimum absolute atomic E-state index is 0.00891. The molecule has 2 aliphatic heterocycles. The molecule has 2 atom stereocenters. The van der Waals surface area contributed by atoms with Crippen LogP contribution in [-0.2, 0) is 11.2 Å². The van der Waals surface area contributed by atoms with Crippen molar-refractivity contribution in [3.63, 3.8) is 0 Å². The van der Waals surface area contributed by atoms with Crippen molar-refractivity contribution in [2.75, 3.05) is 31.5 Å². The van der Waals surface area contributed by atoms with Crippen molar-refractivity contribution in [3.05, 3.63) is 64.9 Å². The van der Waals surface area contributed by atoms with Crippen LogP contribution in [-0.4, -0.2) is 48.2 Å². The number of hydrogen-bond donors (Lipinski definition) is 3. The van der Waals surface area contributed by atoms with Crippen LogP contribution in [0.1, 0.15) is 18.9 Å². The van der Waals surface area contributed by atoms with E-state index in [2.05, 4.69) is 34.9 Å². The molecular weight excluding hydrogens is 421 g/mol. The number of carbonyl (C=O) groups is 2. The molecule has 0 radical (unpaired) electrons. The third-order valence-corrected chi connectivity index (χ3v) is 6.18. The second-order valence-electron chi connectivity index (χ2n) is 8.13. The number of aliphatic carboxylic acids is 1. The fraction of sp³-hybridized carbons (Fsp3) is 0.391. The van der Waals surface area contributed by atoms with E-state index in [0.29, 0.717) is 11.6 Å². The van der Waals surface area contributed by atoms with Crippen molar-refractivity contribution in [2.45, 2.75) is 19.8 Å². The minimum Gasteiger partial charge on any atom is -0.481 e. The summed E-state index contributed by atoms with van der Waals surface area (Å²) >= 11 is 5.81. The second-order valence-corrected chi connectivity index (χ2v) is 8.54. The average molecular weight is 448 g/mol. The lowest BCUT2D eigenvalue weighted by atomic mass is 9.76. The second kappa shape index (κ2) is 10.1. The van der Waals surface area contributed by atoms with Crippen LogP contribution in [0.5, 0.6) is 0 Å². The molecule has 0 aromatic heterocycles. The number of nitrogens with one attached hydrogen (secondary N) is 2. The Hall–Kier alpha value is -2.64. The van der Waals surface area contributed by atoms with Crippen molar-refractivity contribution in [2.24, 2.45) is 11.3 Å². The maximum Gasteiger partial charge on any atom is 0.321 e. The van der Waals surface area contributed by atoms with Crippen LogP contribution < -0.4 is 10.6 Å². The van der Waals surface area contributed by atoms with E-state index in [4.69, 9.17) is 21.5 Å². The van der Waals surface area contributed by atoms with E-state index < -0.39 is 11.8 Å². The van der Waals surface area contributed by atoms with Gasteiger partial charge in [-0.1, -0.05) is 41.9 Å². The van der Waals surface area contributed by atoms with Gasteiger partial charge in [-0.25, -0.2) is 9.18 Å². The number of rotatable bonds is 4. The molecule has 166 valence electrons. The number of benzene rings is 2. The van der Waals surface area contributed by atoms with Gasteiger partial charge in [0.2, 0.25) is 0 Å². The number of nitrogens with zero attached hydrogens (tertiary/aromatic N) is 1. The molecule has 2 aromatic rings. The number of amides is 2. The summed E-state index contributed by atoms with van der Waals surface area (Å²) < 4.78 is 13.3. The van der Waals surface area contributed by atoms with E-state index in [1.165, 1.54) is 23.8 Å². The molecule has 4 rings (SSSR count). The first-order valence-electron chi connectivity index (χ1n) is 10.2.